The number of rotatable bonds is 7. The normalized spacial score (nSPS) is 17.3. The van der Waals surface area contributed by atoms with Crippen LogP contribution in [0.5, 0.6) is 5.75 Å². The zero-order chi connectivity index (χ0) is 26.4. The van der Waals surface area contributed by atoms with Crippen LogP contribution in [-0.4, -0.2) is 51.2 Å². The van der Waals surface area contributed by atoms with Gasteiger partial charge in [0.2, 0.25) is 0 Å². The summed E-state index contributed by atoms with van der Waals surface area (Å²) in [5.41, 5.74) is 9.77. The third kappa shape index (κ3) is 4.11. The highest BCUT2D eigenvalue weighted by atomic mass is 16.5. The Morgan fingerprint density at radius 2 is 1.84 bits per heavy atom. The van der Waals surface area contributed by atoms with Crippen LogP contribution in [-0.2, 0) is 0 Å². The van der Waals surface area contributed by atoms with E-state index in [1.54, 1.807) is 10.8 Å². The van der Waals surface area contributed by atoms with Crippen molar-refractivity contribution in [3.8, 4) is 22.6 Å². The van der Waals surface area contributed by atoms with Gasteiger partial charge in [-0.15, -0.1) is 0 Å². The minimum Gasteiger partial charge on any atom is -0.492 e. The highest BCUT2D eigenvalue weighted by molar-refractivity contribution is 6.02. The van der Waals surface area contributed by atoms with E-state index in [9.17, 15) is 4.79 Å². The first kappa shape index (κ1) is 24.2. The molecule has 0 spiro atoms. The summed E-state index contributed by atoms with van der Waals surface area (Å²) in [6.45, 7) is 3.53. The molecule has 38 heavy (non-hydrogen) atoms. The fraction of sp³-hybridized carbons (Fsp3) is 0.300. The minimum atomic E-state index is -0.102. The van der Waals surface area contributed by atoms with E-state index in [1.807, 2.05) is 55.5 Å². The second-order valence-electron chi connectivity index (χ2n) is 10.4. The number of pyridine rings is 1. The monoisotopic (exact) mass is 508 g/mol. The smallest absolute Gasteiger partial charge is 0.263 e. The number of anilines is 1. The van der Waals surface area contributed by atoms with Crippen molar-refractivity contribution < 1.29 is 4.74 Å². The first-order valence-corrected chi connectivity index (χ1v) is 13.1. The van der Waals surface area contributed by atoms with Gasteiger partial charge in [0.1, 0.15) is 23.5 Å². The number of nitrogens with zero attached hydrogens (tertiary/aromatic N) is 5. The number of aromatic nitrogens is 4. The average molecular weight is 509 g/mol. The summed E-state index contributed by atoms with van der Waals surface area (Å²) in [4.78, 5) is 24.9. The highest BCUT2D eigenvalue weighted by Crippen LogP contribution is 2.43. The van der Waals surface area contributed by atoms with Crippen molar-refractivity contribution in [2.24, 2.45) is 5.92 Å². The molecule has 2 aromatic carbocycles. The van der Waals surface area contributed by atoms with Crippen LogP contribution < -0.4 is 16.0 Å². The van der Waals surface area contributed by atoms with Crippen LogP contribution in [0.3, 0.4) is 0 Å². The SMILES string of the molecule is CCOc1cn(-c2ccccc2)c(=O)c2cc(-c3cn(C4CC(CN(C)C)C4)c4ncnc(N)c34)ccc12. The Morgan fingerprint density at radius 3 is 2.58 bits per heavy atom. The van der Waals surface area contributed by atoms with Gasteiger partial charge >= 0.3 is 0 Å². The van der Waals surface area contributed by atoms with Crippen LogP contribution in [0, 0.1) is 5.92 Å². The quantitative estimate of drug-likeness (QED) is 0.336. The fourth-order valence-corrected chi connectivity index (χ4v) is 5.73. The zero-order valence-electron chi connectivity index (χ0n) is 22.0. The second kappa shape index (κ2) is 9.61. The van der Waals surface area contributed by atoms with Crippen molar-refractivity contribution in [1.29, 1.82) is 0 Å². The number of nitrogens with two attached hydrogens (primary N) is 1. The van der Waals surface area contributed by atoms with Gasteiger partial charge in [0, 0.05) is 35.4 Å². The fourth-order valence-electron chi connectivity index (χ4n) is 5.73. The molecule has 1 fully saturated rings. The summed E-state index contributed by atoms with van der Waals surface area (Å²) in [7, 11) is 4.24. The summed E-state index contributed by atoms with van der Waals surface area (Å²) in [6.07, 6.45) is 7.64. The third-order valence-electron chi connectivity index (χ3n) is 7.49. The number of hydrogen-bond donors (Lipinski definition) is 1. The Labute approximate surface area is 221 Å². The molecule has 0 atom stereocenters. The first-order chi connectivity index (χ1) is 18.4. The van der Waals surface area contributed by atoms with Gasteiger partial charge in [0.25, 0.3) is 5.56 Å². The van der Waals surface area contributed by atoms with Gasteiger partial charge in [-0.2, -0.15) is 0 Å². The van der Waals surface area contributed by atoms with Gasteiger partial charge < -0.3 is 19.9 Å². The zero-order valence-corrected chi connectivity index (χ0v) is 22.0. The molecule has 0 saturated heterocycles. The maximum Gasteiger partial charge on any atom is 0.263 e. The van der Waals surface area contributed by atoms with E-state index < -0.39 is 0 Å². The Bertz CT molecular complexity index is 1680. The van der Waals surface area contributed by atoms with Crippen molar-refractivity contribution in [3.63, 3.8) is 0 Å². The number of fused-ring (bicyclic) bond motifs is 2. The summed E-state index contributed by atoms with van der Waals surface area (Å²) in [5.74, 6) is 1.78. The predicted octanol–water partition coefficient (Wildman–Crippen LogP) is 4.90. The molecule has 1 saturated carbocycles. The van der Waals surface area contributed by atoms with E-state index in [4.69, 9.17) is 10.5 Å². The van der Waals surface area contributed by atoms with Crippen LogP contribution in [0.2, 0.25) is 0 Å². The third-order valence-corrected chi connectivity index (χ3v) is 7.49. The number of para-hydroxylation sites is 1. The second-order valence-corrected chi connectivity index (χ2v) is 10.4. The Hall–Kier alpha value is -4.17. The molecule has 0 aliphatic heterocycles. The Kier molecular flexibility index (Phi) is 6.12. The number of nitrogen functional groups attached to an aromatic ring is 1. The lowest BCUT2D eigenvalue weighted by Gasteiger charge is -2.38. The minimum absolute atomic E-state index is 0.102. The van der Waals surface area contributed by atoms with Crippen molar-refractivity contribution in [2.75, 3.05) is 33.0 Å². The molecule has 3 aromatic heterocycles. The van der Waals surface area contributed by atoms with E-state index in [2.05, 4.69) is 39.7 Å². The predicted molar refractivity (Wildman–Crippen MR) is 152 cm³/mol. The van der Waals surface area contributed by atoms with Crippen molar-refractivity contribution in [3.05, 3.63) is 77.6 Å². The molecule has 2 N–H and O–H groups in total. The topological polar surface area (TPSA) is 91.2 Å². The van der Waals surface area contributed by atoms with Crippen molar-refractivity contribution >= 4 is 27.6 Å². The van der Waals surface area contributed by atoms with Crippen LogP contribution in [0.25, 0.3) is 38.6 Å². The first-order valence-electron chi connectivity index (χ1n) is 13.1. The number of hydrogen-bond acceptors (Lipinski definition) is 6. The van der Waals surface area contributed by atoms with Gasteiger partial charge in [-0.1, -0.05) is 24.3 Å². The van der Waals surface area contributed by atoms with Crippen molar-refractivity contribution in [2.45, 2.75) is 25.8 Å². The van der Waals surface area contributed by atoms with Gasteiger partial charge in [-0.05, 0) is 69.6 Å². The largest absolute Gasteiger partial charge is 0.492 e. The number of benzene rings is 2. The lowest BCUT2D eigenvalue weighted by Crippen LogP contribution is -2.33. The Balaban J connectivity index is 1.50. The van der Waals surface area contributed by atoms with Gasteiger partial charge in [0.05, 0.1) is 23.6 Å². The van der Waals surface area contributed by atoms with Gasteiger partial charge in [-0.3, -0.25) is 9.36 Å². The summed E-state index contributed by atoms with van der Waals surface area (Å²) >= 11 is 0. The maximum atomic E-state index is 13.7. The van der Waals surface area contributed by atoms with Crippen LogP contribution >= 0.6 is 0 Å². The summed E-state index contributed by atoms with van der Waals surface area (Å²) in [5, 5.41) is 2.20. The van der Waals surface area contributed by atoms with Crippen LogP contribution in [0.1, 0.15) is 25.8 Å². The molecule has 194 valence electrons. The standard InChI is InChI=1S/C30H32N6O2/c1-4-38-26-17-36(21-8-6-5-7-9-21)30(37)24-14-20(10-11-23(24)26)25-16-35(22-12-19(13-22)15-34(2)3)29-27(25)28(31)32-18-33-29/h5-11,14,16-19,22H,4,12-13,15H2,1-3H3,(H2,31,32,33). The molecule has 0 unspecified atom stereocenters. The molecule has 1 aliphatic carbocycles. The van der Waals surface area contributed by atoms with E-state index in [0.29, 0.717) is 35.5 Å². The van der Waals surface area contributed by atoms with E-state index >= 15 is 0 Å². The van der Waals surface area contributed by atoms with Crippen LogP contribution in [0.4, 0.5) is 5.82 Å². The average Bonchev–Trinajstić information content (AvgIpc) is 3.28. The van der Waals surface area contributed by atoms with Crippen molar-refractivity contribution in [1.82, 2.24) is 24.0 Å². The summed E-state index contributed by atoms with van der Waals surface area (Å²) in [6, 6.07) is 15.9. The highest BCUT2D eigenvalue weighted by Gasteiger charge is 2.32. The maximum absolute atomic E-state index is 13.7. The lowest BCUT2D eigenvalue weighted by atomic mass is 9.80. The molecule has 0 bridgehead atoms. The summed E-state index contributed by atoms with van der Waals surface area (Å²) < 4.78 is 9.86. The van der Waals surface area contributed by atoms with E-state index in [0.717, 1.165) is 52.6 Å². The molecule has 6 rings (SSSR count). The molecule has 8 heteroatoms. The van der Waals surface area contributed by atoms with E-state index in [-0.39, 0.29) is 5.56 Å². The Morgan fingerprint density at radius 1 is 1.05 bits per heavy atom. The molecule has 0 radical (unpaired) electrons. The molecule has 5 aromatic rings. The lowest BCUT2D eigenvalue weighted by molar-refractivity contribution is 0.159. The van der Waals surface area contributed by atoms with Crippen LogP contribution in [0.15, 0.2) is 72.0 Å². The molecular weight excluding hydrogens is 476 g/mol. The molecule has 8 nitrogen and oxygen atoms in total. The van der Waals surface area contributed by atoms with E-state index in [1.165, 1.54) is 6.33 Å². The molecule has 0 amide bonds. The van der Waals surface area contributed by atoms with Gasteiger partial charge in [0.15, 0.2) is 0 Å². The van der Waals surface area contributed by atoms with Gasteiger partial charge in [-0.25, -0.2) is 9.97 Å². The molecule has 1 aliphatic rings. The number of ether oxygens (including phenoxy) is 1. The molecule has 3 heterocycles. The molecular formula is C30H32N6O2.